The minimum absolute atomic E-state index is 0.0480. The number of nitrogens with zero attached hydrogens (tertiary/aromatic N) is 3. The highest BCUT2D eigenvalue weighted by atomic mass is 16.2. The summed E-state index contributed by atoms with van der Waals surface area (Å²) in [7, 11) is 0. The van der Waals surface area contributed by atoms with E-state index in [0.29, 0.717) is 31.6 Å². The summed E-state index contributed by atoms with van der Waals surface area (Å²) in [6.45, 7) is 3.26. The number of aryl methyl sites for hydroxylation is 1. The number of piperidine rings is 1. The highest BCUT2D eigenvalue weighted by molar-refractivity contribution is 5.92. The van der Waals surface area contributed by atoms with Crippen LogP contribution in [-0.2, 0) is 11.8 Å². The molecule has 0 radical (unpaired) electrons. The molecule has 1 N–H and O–H groups in total. The summed E-state index contributed by atoms with van der Waals surface area (Å²) in [6, 6.07) is 14.2. The summed E-state index contributed by atoms with van der Waals surface area (Å²) >= 11 is 0. The maximum atomic E-state index is 12.6. The van der Waals surface area contributed by atoms with Crippen molar-refractivity contribution >= 4 is 5.91 Å². The molecule has 1 amide bonds. The lowest BCUT2D eigenvalue weighted by Gasteiger charge is -2.37. The lowest BCUT2D eigenvalue weighted by Crippen LogP contribution is -2.44. The van der Waals surface area contributed by atoms with E-state index < -0.39 is 5.41 Å². The maximum absolute atomic E-state index is 12.6. The molecule has 1 aromatic carbocycles. The molecule has 0 saturated carbocycles. The van der Waals surface area contributed by atoms with Crippen molar-refractivity contribution in [2.45, 2.75) is 38.0 Å². The number of nitriles is 1. The van der Waals surface area contributed by atoms with Crippen molar-refractivity contribution in [1.29, 1.82) is 5.26 Å². The van der Waals surface area contributed by atoms with Crippen LogP contribution in [0.15, 0.2) is 36.4 Å². The van der Waals surface area contributed by atoms with E-state index in [1.165, 1.54) is 0 Å². The summed E-state index contributed by atoms with van der Waals surface area (Å²) in [5, 5.41) is 16.8. The first-order valence-corrected chi connectivity index (χ1v) is 8.49. The summed E-state index contributed by atoms with van der Waals surface area (Å²) in [4.78, 5) is 14.4. The van der Waals surface area contributed by atoms with E-state index >= 15 is 0 Å². The number of nitrogens with one attached hydrogen (secondary N) is 1. The van der Waals surface area contributed by atoms with E-state index in [2.05, 4.69) is 23.2 Å². The number of likely N-dealkylation sites (tertiary alicyclic amines) is 1. The van der Waals surface area contributed by atoms with Crippen LogP contribution in [0.1, 0.15) is 47.9 Å². The molecule has 0 bridgehead atoms. The summed E-state index contributed by atoms with van der Waals surface area (Å²) in [6.07, 6.45) is 3.23. The Labute approximate surface area is 142 Å². The number of H-pyrrole nitrogens is 1. The van der Waals surface area contributed by atoms with E-state index in [4.69, 9.17) is 0 Å². The molecule has 1 aliphatic rings. The molecule has 0 atom stereocenters. The van der Waals surface area contributed by atoms with Gasteiger partial charge in [0.05, 0.1) is 11.5 Å². The second kappa shape index (κ2) is 6.88. The number of hydrogen-bond donors (Lipinski definition) is 1. The molecule has 124 valence electrons. The molecule has 2 heterocycles. The Morgan fingerprint density at radius 3 is 2.67 bits per heavy atom. The molecule has 0 aliphatic carbocycles. The number of carbonyl (C=O) groups is 1. The lowest BCUT2D eigenvalue weighted by atomic mass is 9.74. The number of rotatable bonds is 4. The molecule has 3 rings (SSSR count). The van der Waals surface area contributed by atoms with Gasteiger partial charge in [0.1, 0.15) is 5.69 Å². The van der Waals surface area contributed by atoms with Crippen molar-refractivity contribution < 1.29 is 4.79 Å². The van der Waals surface area contributed by atoms with Gasteiger partial charge in [-0.3, -0.25) is 9.89 Å². The summed E-state index contributed by atoms with van der Waals surface area (Å²) in [5.74, 6) is -0.0480. The van der Waals surface area contributed by atoms with Gasteiger partial charge in [0.2, 0.25) is 0 Å². The SMILES string of the molecule is CCCc1cc(C(=O)N2CCC(C#N)(c3ccccc3)CC2)n[nH]1. The number of hydrogen-bond acceptors (Lipinski definition) is 3. The van der Waals surface area contributed by atoms with Crippen molar-refractivity contribution in [3.05, 3.63) is 53.3 Å². The summed E-state index contributed by atoms with van der Waals surface area (Å²) < 4.78 is 0. The van der Waals surface area contributed by atoms with Crippen molar-refractivity contribution in [3.63, 3.8) is 0 Å². The Hall–Kier alpha value is -2.61. The van der Waals surface area contributed by atoms with Crippen LogP contribution < -0.4 is 0 Å². The Balaban J connectivity index is 1.70. The van der Waals surface area contributed by atoms with Gasteiger partial charge in [0, 0.05) is 18.8 Å². The first-order chi connectivity index (χ1) is 11.7. The monoisotopic (exact) mass is 322 g/mol. The van der Waals surface area contributed by atoms with E-state index in [1.807, 2.05) is 41.3 Å². The number of aromatic amines is 1. The van der Waals surface area contributed by atoms with Crippen LogP contribution in [0, 0.1) is 11.3 Å². The Bertz CT molecular complexity index is 736. The number of aromatic nitrogens is 2. The first kappa shape index (κ1) is 16.3. The van der Waals surface area contributed by atoms with Gasteiger partial charge in [-0.25, -0.2) is 0 Å². The quantitative estimate of drug-likeness (QED) is 0.940. The zero-order valence-electron chi connectivity index (χ0n) is 14.0. The van der Waals surface area contributed by atoms with Gasteiger partial charge in [-0.15, -0.1) is 0 Å². The van der Waals surface area contributed by atoms with Gasteiger partial charge in [-0.05, 0) is 30.9 Å². The van der Waals surface area contributed by atoms with E-state index in [1.54, 1.807) is 0 Å². The highest BCUT2D eigenvalue weighted by Gasteiger charge is 2.38. The molecule has 0 spiro atoms. The molecule has 1 fully saturated rings. The third-order valence-corrected chi connectivity index (χ3v) is 4.81. The van der Waals surface area contributed by atoms with Gasteiger partial charge >= 0.3 is 0 Å². The normalized spacial score (nSPS) is 16.6. The zero-order valence-corrected chi connectivity index (χ0v) is 14.0. The van der Waals surface area contributed by atoms with Crippen LogP contribution in [0.4, 0.5) is 0 Å². The molecular weight excluding hydrogens is 300 g/mol. The van der Waals surface area contributed by atoms with Gasteiger partial charge in [0.25, 0.3) is 5.91 Å². The fourth-order valence-corrected chi connectivity index (χ4v) is 3.34. The molecule has 2 aromatic rings. The van der Waals surface area contributed by atoms with Crippen LogP contribution in [0.25, 0.3) is 0 Å². The third kappa shape index (κ3) is 3.05. The van der Waals surface area contributed by atoms with Gasteiger partial charge in [0.15, 0.2) is 0 Å². The molecular formula is C19H22N4O. The predicted octanol–water partition coefficient (Wildman–Crippen LogP) is 3.06. The van der Waals surface area contributed by atoms with Crippen LogP contribution in [-0.4, -0.2) is 34.1 Å². The zero-order chi connectivity index (χ0) is 17.0. The minimum Gasteiger partial charge on any atom is -0.337 e. The fourth-order valence-electron chi connectivity index (χ4n) is 3.34. The molecule has 1 aliphatic heterocycles. The first-order valence-electron chi connectivity index (χ1n) is 8.49. The smallest absolute Gasteiger partial charge is 0.274 e. The minimum atomic E-state index is -0.489. The van der Waals surface area contributed by atoms with Crippen LogP contribution in [0.2, 0.25) is 0 Å². The standard InChI is InChI=1S/C19H22N4O/c1-2-6-16-13-17(22-21-16)18(24)23-11-9-19(14-20,10-12-23)15-7-4-3-5-8-15/h3-5,7-8,13H,2,6,9-12H2,1H3,(H,21,22). The van der Waals surface area contributed by atoms with Crippen molar-refractivity contribution in [1.82, 2.24) is 15.1 Å². The predicted molar refractivity (Wildman–Crippen MR) is 91.5 cm³/mol. The number of carbonyl (C=O) groups excluding carboxylic acids is 1. The van der Waals surface area contributed by atoms with Gasteiger partial charge < -0.3 is 4.90 Å². The summed E-state index contributed by atoms with van der Waals surface area (Å²) in [5.41, 5.74) is 2.03. The van der Waals surface area contributed by atoms with E-state index in [9.17, 15) is 10.1 Å². The topological polar surface area (TPSA) is 72.8 Å². The second-order valence-corrected chi connectivity index (χ2v) is 6.38. The van der Waals surface area contributed by atoms with Gasteiger partial charge in [-0.2, -0.15) is 10.4 Å². The molecule has 24 heavy (non-hydrogen) atoms. The van der Waals surface area contributed by atoms with E-state index in [0.717, 1.165) is 24.1 Å². The average molecular weight is 322 g/mol. The maximum Gasteiger partial charge on any atom is 0.274 e. The van der Waals surface area contributed by atoms with Crippen LogP contribution >= 0.6 is 0 Å². The Kier molecular flexibility index (Phi) is 4.66. The Morgan fingerprint density at radius 1 is 1.33 bits per heavy atom. The largest absolute Gasteiger partial charge is 0.337 e. The molecule has 0 unspecified atom stereocenters. The third-order valence-electron chi connectivity index (χ3n) is 4.81. The van der Waals surface area contributed by atoms with Crippen LogP contribution in [0.3, 0.4) is 0 Å². The number of amides is 1. The second-order valence-electron chi connectivity index (χ2n) is 6.38. The molecule has 1 aromatic heterocycles. The Morgan fingerprint density at radius 2 is 2.04 bits per heavy atom. The average Bonchev–Trinajstić information content (AvgIpc) is 3.11. The lowest BCUT2D eigenvalue weighted by molar-refractivity contribution is 0.0686. The molecule has 1 saturated heterocycles. The number of benzene rings is 1. The van der Waals surface area contributed by atoms with Crippen molar-refractivity contribution in [2.75, 3.05) is 13.1 Å². The fraction of sp³-hybridized carbons (Fsp3) is 0.421. The van der Waals surface area contributed by atoms with Crippen LogP contribution in [0.5, 0.6) is 0 Å². The van der Waals surface area contributed by atoms with Crippen molar-refractivity contribution in [2.24, 2.45) is 0 Å². The molecule has 5 nitrogen and oxygen atoms in total. The van der Waals surface area contributed by atoms with Gasteiger partial charge in [-0.1, -0.05) is 43.7 Å². The van der Waals surface area contributed by atoms with Crippen molar-refractivity contribution in [3.8, 4) is 6.07 Å². The highest BCUT2D eigenvalue weighted by Crippen LogP contribution is 2.35. The molecule has 5 heteroatoms. The van der Waals surface area contributed by atoms with E-state index in [-0.39, 0.29) is 5.91 Å².